The van der Waals surface area contributed by atoms with Gasteiger partial charge in [-0.05, 0) is 60.2 Å². The van der Waals surface area contributed by atoms with Crippen molar-refractivity contribution >= 4 is 0 Å². The molecule has 1 heteroatoms. The van der Waals surface area contributed by atoms with E-state index in [0.29, 0.717) is 16.7 Å². The Bertz CT molecular complexity index is 309. The molecule has 0 aliphatic heterocycles. The smallest absolute Gasteiger partial charge is 0.0574 e. The molecule has 0 aromatic carbocycles. The Morgan fingerprint density at radius 2 is 1.75 bits per heavy atom. The summed E-state index contributed by atoms with van der Waals surface area (Å²) in [7, 11) is 0. The first-order chi connectivity index (χ1) is 7.39. The summed E-state index contributed by atoms with van der Waals surface area (Å²) >= 11 is 0. The van der Waals surface area contributed by atoms with Gasteiger partial charge in [0.2, 0.25) is 0 Å². The Kier molecular flexibility index (Phi) is 2.11. The lowest BCUT2D eigenvalue weighted by Gasteiger charge is -2.42. The monoisotopic (exact) mass is 222 g/mol. The van der Waals surface area contributed by atoms with Crippen molar-refractivity contribution in [3.05, 3.63) is 0 Å². The van der Waals surface area contributed by atoms with Crippen LogP contribution >= 0.6 is 0 Å². The van der Waals surface area contributed by atoms with E-state index < -0.39 is 0 Å². The normalized spacial score (nSPS) is 58.7. The highest BCUT2D eigenvalue weighted by Crippen LogP contribution is 2.72. The van der Waals surface area contributed by atoms with E-state index in [-0.39, 0.29) is 6.10 Å². The topological polar surface area (TPSA) is 20.2 Å². The van der Waals surface area contributed by atoms with Crippen molar-refractivity contribution in [2.24, 2.45) is 34.5 Å². The van der Waals surface area contributed by atoms with Crippen molar-refractivity contribution in [3.63, 3.8) is 0 Å². The van der Waals surface area contributed by atoms with Crippen LogP contribution in [0.15, 0.2) is 0 Å². The number of aliphatic hydroxyl groups is 1. The zero-order valence-electron chi connectivity index (χ0n) is 11.2. The quantitative estimate of drug-likeness (QED) is 0.665. The predicted molar refractivity (Wildman–Crippen MR) is 66.0 cm³/mol. The van der Waals surface area contributed by atoms with Crippen LogP contribution in [0.5, 0.6) is 0 Å². The largest absolute Gasteiger partial charge is 0.393 e. The van der Waals surface area contributed by atoms with Gasteiger partial charge in [-0.2, -0.15) is 0 Å². The number of aliphatic hydroxyl groups excluding tert-OH is 1. The molecule has 6 atom stereocenters. The average molecular weight is 222 g/mol. The SMILES string of the molecule is C[C@H]1[C@H](O)C[C@@]23C[C@@H]1C(C)(C)[C@@H]2CC[C@H]3C. The fourth-order valence-electron chi connectivity index (χ4n) is 5.86. The summed E-state index contributed by atoms with van der Waals surface area (Å²) in [6.45, 7) is 9.64. The molecule has 3 rings (SSSR count). The van der Waals surface area contributed by atoms with Crippen molar-refractivity contribution in [2.75, 3.05) is 0 Å². The molecule has 3 fully saturated rings. The first-order valence-corrected chi connectivity index (χ1v) is 7.07. The van der Waals surface area contributed by atoms with Gasteiger partial charge in [-0.25, -0.2) is 0 Å². The van der Waals surface area contributed by atoms with E-state index in [9.17, 15) is 5.11 Å². The van der Waals surface area contributed by atoms with E-state index in [2.05, 4.69) is 27.7 Å². The molecule has 0 aromatic rings. The highest BCUT2D eigenvalue weighted by Gasteiger charge is 2.66. The molecule has 0 aromatic heterocycles. The lowest BCUT2D eigenvalue weighted by Crippen LogP contribution is -2.39. The highest BCUT2D eigenvalue weighted by atomic mass is 16.3. The summed E-state index contributed by atoms with van der Waals surface area (Å²) in [4.78, 5) is 0. The van der Waals surface area contributed by atoms with Crippen molar-refractivity contribution in [1.29, 1.82) is 0 Å². The van der Waals surface area contributed by atoms with Gasteiger partial charge in [-0.1, -0.05) is 27.7 Å². The summed E-state index contributed by atoms with van der Waals surface area (Å²) in [6.07, 6.45) is 5.24. The van der Waals surface area contributed by atoms with E-state index >= 15 is 0 Å². The number of rotatable bonds is 0. The zero-order valence-corrected chi connectivity index (χ0v) is 11.2. The van der Waals surface area contributed by atoms with Gasteiger partial charge >= 0.3 is 0 Å². The van der Waals surface area contributed by atoms with Crippen LogP contribution in [-0.4, -0.2) is 11.2 Å². The van der Waals surface area contributed by atoms with Crippen LogP contribution in [0, 0.1) is 34.5 Å². The molecule has 16 heavy (non-hydrogen) atoms. The molecule has 0 saturated heterocycles. The summed E-state index contributed by atoms with van der Waals surface area (Å²) < 4.78 is 0. The maximum Gasteiger partial charge on any atom is 0.0574 e. The van der Waals surface area contributed by atoms with Crippen molar-refractivity contribution < 1.29 is 5.11 Å². The van der Waals surface area contributed by atoms with E-state index in [4.69, 9.17) is 0 Å². The fourth-order valence-corrected chi connectivity index (χ4v) is 5.86. The Morgan fingerprint density at radius 1 is 1.06 bits per heavy atom. The maximum atomic E-state index is 10.4. The molecular weight excluding hydrogens is 196 g/mol. The van der Waals surface area contributed by atoms with Gasteiger partial charge < -0.3 is 5.11 Å². The van der Waals surface area contributed by atoms with Crippen LogP contribution in [-0.2, 0) is 0 Å². The van der Waals surface area contributed by atoms with E-state index in [1.165, 1.54) is 19.3 Å². The molecule has 3 aliphatic carbocycles. The Labute approximate surface area is 99.6 Å². The summed E-state index contributed by atoms with van der Waals surface area (Å²) in [5.41, 5.74) is 0.960. The second-order valence-corrected chi connectivity index (χ2v) is 7.53. The van der Waals surface area contributed by atoms with Gasteiger partial charge in [0.1, 0.15) is 0 Å². The third-order valence-corrected chi connectivity index (χ3v) is 6.85. The standard InChI is InChI=1S/C15H26O/c1-9-5-6-13-14(3,4)11-7-15(9,13)8-12(16)10(11)2/h9-13,16H,5-8H2,1-4H3/t9-,10-,11+,12-,13+,15-/m1/s1. The number of fused-ring (bicyclic) bond motifs is 1. The third kappa shape index (κ3) is 1.06. The Morgan fingerprint density at radius 3 is 2.44 bits per heavy atom. The second kappa shape index (κ2) is 3.04. The molecule has 0 heterocycles. The van der Waals surface area contributed by atoms with Crippen LogP contribution in [0.2, 0.25) is 0 Å². The van der Waals surface area contributed by atoms with Gasteiger partial charge in [-0.3, -0.25) is 0 Å². The molecule has 3 saturated carbocycles. The second-order valence-electron chi connectivity index (χ2n) is 7.53. The van der Waals surface area contributed by atoms with Crippen molar-refractivity contribution in [1.82, 2.24) is 0 Å². The van der Waals surface area contributed by atoms with Gasteiger partial charge in [0.05, 0.1) is 6.10 Å². The van der Waals surface area contributed by atoms with Crippen LogP contribution in [0.25, 0.3) is 0 Å². The first-order valence-electron chi connectivity index (χ1n) is 7.07. The van der Waals surface area contributed by atoms with E-state index in [0.717, 1.165) is 24.2 Å². The number of hydrogen-bond donors (Lipinski definition) is 1. The molecule has 0 radical (unpaired) electrons. The number of hydrogen-bond acceptors (Lipinski definition) is 1. The first kappa shape index (κ1) is 11.1. The van der Waals surface area contributed by atoms with E-state index in [1.54, 1.807) is 0 Å². The fraction of sp³-hybridized carbons (Fsp3) is 1.00. The molecule has 2 bridgehead atoms. The molecule has 0 unspecified atom stereocenters. The molecule has 1 nitrogen and oxygen atoms in total. The van der Waals surface area contributed by atoms with Crippen molar-refractivity contribution in [3.8, 4) is 0 Å². The van der Waals surface area contributed by atoms with Gasteiger partial charge in [-0.15, -0.1) is 0 Å². The molecule has 1 spiro atoms. The zero-order chi connectivity index (χ0) is 11.7. The molecule has 3 aliphatic rings. The molecule has 0 amide bonds. The van der Waals surface area contributed by atoms with Crippen LogP contribution in [0.4, 0.5) is 0 Å². The average Bonchev–Trinajstić information content (AvgIpc) is 2.59. The third-order valence-electron chi connectivity index (χ3n) is 6.85. The van der Waals surface area contributed by atoms with Gasteiger partial charge in [0.25, 0.3) is 0 Å². The Hall–Kier alpha value is -0.0400. The lowest BCUT2D eigenvalue weighted by atomic mass is 9.64. The highest BCUT2D eigenvalue weighted by molar-refractivity contribution is 5.15. The van der Waals surface area contributed by atoms with Crippen LogP contribution < -0.4 is 0 Å². The van der Waals surface area contributed by atoms with E-state index in [1.807, 2.05) is 0 Å². The predicted octanol–water partition coefficient (Wildman–Crippen LogP) is 3.47. The minimum Gasteiger partial charge on any atom is -0.393 e. The maximum absolute atomic E-state index is 10.4. The molecule has 92 valence electrons. The minimum atomic E-state index is -0.0384. The molecule has 1 N–H and O–H groups in total. The molecular formula is C15H26O. The van der Waals surface area contributed by atoms with Gasteiger partial charge in [0, 0.05) is 0 Å². The van der Waals surface area contributed by atoms with Crippen molar-refractivity contribution in [2.45, 2.75) is 59.5 Å². The van der Waals surface area contributed by atoms with Gasteiger partial charge in [0.15, 0.2) is 0 Å². The lowest BCUT2D eigenvalue weighted by molar-refractivity contribution is -0.0194. The van der Waals surface area contributed by atoms with Crippen LogP contribution in [0.3, 0.4) is 0 Å². The summed E-state index contributed by atoms with van der Waals surface area (Å²) in [6, 6.07) is 0. The minimum absolute atomic E-state index is 0.0384. The summed E-state index contributed by atoms with van der Waals surface area (Å²) in [5.74, 6) is 2.98. The Balaban J connectivity index is 2.06. The summed E-state index contributed by atoms with van der Waals surface area (Å²) in [5, 5.41) is 10.4. The van der Waals surface area contributed by atoms with Crippen LogP contribution in [0.1, 0.15) is 53.4 Å².